The van der Waals surface area contributed by atoms with E-state index in [0.717, 1.165) is 21.9 Å². The average molecular weight is 343 g/mol. The van der Waals surface area contributed by atoms with Crippen LogP contribution in [0.3, 0.4) is 0 Å². The largest absolute Gasteiger partial charge is 0.384 e. The van der Waals surface area contributed by atoms with E-state index < -0.39 is 5.60 Å². The van der Waals surface area contributed by atoms with Crippen molar-refractivity contribution in [1.29, 1.82) is 0 Å². The fraction of sp³-hybridized carbons (Fsp3) is 0.333. The van der Waals surface area contributed by atoms with Crippen LogP contribution in [-0.4, -0.2) is 26.9 Å². The molecule has 3 aromatic rings. The quantitative estimate of drug-likeness (QED) is 0.723. The van der Waals surface area contributed by atoms with Crippen LogP contribution >= 0.6 is 11.3 Å². The lowest BCUT2D eigenvalue weighted by atomic mass is 9.96. The third kappa shape index (κ3) is 3.66. The van der Waals surface area contributed by atoms with E-state index in [1.54, 1.807) is 18.3 Å². The summed E-state index contributed by atoms with van der Waals surface area (Å²) in [6, 6.07) is 9.37. The van der Waals surface area contributed by atoms with Crippen LogP contribution in [0.25, 0.3) is 4.96 Å². The van der Waals surface area contributed by atoms with Crippen molar-refractivity contribution in [3.05, 3.63) is 58.9 Å². The average Bonchev–Trinajstić information content (AvgIpc) is 3.11. The number of aromatic nitrogens is 2. The number of nitrogens with one attached hydrogen (secondary N) is 1. The molecule has 0 aliphatic rings. The van der Waals surface area contributed by atoms with Crippen LogP contribution in [-0.2, 0) is 16.8 Å². The number of aryl methyl sites for hydroxylation is 2. The van der Waals surface area contributed by atoms with E-state index in [0.29, 0.717) is 12.8 Å². The van der Waals surface area contributed by atoms with Crippen molar-refractivity contribution >= 4 is 22.2 Å². The van der Waals surface area contributed by atoms with Crippen molar-refractivity contribution in [2.45, 2.75) is 32.3 Å². The summed E-state index contributed by atoms with van der Waals surface area (Å²) in [6.45, 7) is 3.86. The normalized spacial score (nSPS) is 13.8. The van der Waals surface area contributed by atoms with E-state index in [1.807, 2.05) is 53.2 Å². The smallest absolute Gasteiger partial charge is 0.220 e. The molecule has 0 fully saturated rings. The van der Waals surface area contributed by atoms with E-state index in [-0.39, 0.29) is 12.5 Å². The van der Waals surface area contributed by atoms with Crippen LogP contribution in [0.1, 0.15) is 30.3 Å². The second kappa shape index (κ2) is 6.75. The zero-order valence-electron chi connectivity index (χ0n) is 13.8. The molecule has 0 aliphatic heterocycles. The second-order valence-corrected chi connectivity index (χ2v) is 7.02. The molecule has 6 heteroatoms. The molecule has 1 aromatic carbocycles. The molecule has 0 bridgehead atoms. The minimum absolute atomic E-state index is 0.0672. The molecule has 0 aliphatic carbocycles. The van der Waals surface area contributed by atoms with Crippen molar-refractivity contribution in [2.24, 2.45) is 0 Å². The predicted octanol–water partition coefficient (Wildman–Crippen LogP) is 2.66. The maximum atomic E-state index is 12.1. The van der Waals surface area contributed by atoms with Crippen molar-refractivity contribution < 1.29 is 9.90 Å². The predicted molar refractivity (Wildman–Crippen MR) is 95.1 cm³/mol. The summed E-state index contributed by atoms with van der Waals surface area (Å²) in [5.41, 5.74) is 1.78. The Morgan fingerprint density at radius 2 is 2.12 bits per heavy atom. The third-order valence-corrected chi connectivity index (χ3v) is 4.93. The Morgan fingerprint density at radius 3 is 2.88 bits per heavy atom. The zero-order valence-corrected chi connectivity index (χ0v) is 14.6. The highest BCUT2D eigenvalue weighted by Gasteiger charge is 2.23. The molecule has 2 heterocycles. The number of rotatable bonds is 6. The SMILES string of the molecule is Cc1cn2c(CCC(=O)NCC(C)(O)c3ccccc3)csc2n1. The summed E-state index contributed by atoms with van der Waals surface area (Å²) in [7, 11) is 0. The van der Waals surface area contributed by atoms with Gasteiger partial charge in [0, 0.05) is 23.7 Å². The summed E-state index contributed by atoms with van der Waals surface area (Å²) in [4.78, 5) is 17.5. The molecule has 2 aromatic heterocycles. The van der Waals surface area contributed by atoms with Gasteiger partial charge in [0.2, 0.25) is 5.91 Å². The zero-order chi connectivity index (χ0) is 17.2. The molecule has 0 spiro atoms. The van der Waals surface area contributed by atoms with Crippen LogP contribution in [0.5, 0.6) is 0 Å². The van der Waals surface area contributed by atoms with E-state index >= 15 is 0 Å². The first-order chi connectivity index (χ1) is 11.5. The summed E-state index contributed by atoms with van der Waals surface area (Å²) >= 11 is 1.58. The van der Waals surface area contributed by atoms with Crippen molar-refractivity contribution in [2.75, 3.05) is 6.54 Å². The Morgan fingerprint density at radius 1 is 1.38 bits per heavy atom. The van der Waals surface area contributed by atoms with E-state index in [2.05, 4.69) is 10.3 Å². The maximum Gasteiger partial charge on any atom is 0.220 e. The molecule has 0 saturated carbocycles. The first-order valence-electron chi connectivity index (χ1n) is 7.92. The number of thiazole rings is 1. The minimum Gasteiger partial charge on any atom is -0.384 e. The van der Waals surface area contributed by atoms with Gasteiger partial charge in [0.15, 0.2) is 4.96 Å². The van der Waals surface area contributed by atoms with Crippen molar-refractivity contribution in [1.82, 2.24) is 14.7 Å². The monoisotopic (exact) mass is 343 g/mol. The van der Waals surface area contributed by atoms with Gasteiger partial charge < -0.3 is 10.4 Å². The van der Waals surface area contributed by atoms with Gasteiger partial charge in [-0.1, -0.05) is 30.3 Å². The minimum atomic E-state index is -1.08. The van der Waals surface area contributed by atoms with Crippen LogP contribution in [0.15, 0.2) is 41.9 Å². The molecule has 24 heavy (non-hydrogen) atoms. The molecule has 3 rings (SSSR count). The molecular formula is C18H21N3O2S. The number of hydrogen-bond donors (Lipinski definition) is 2. The Kier molecular flexibility index (Phi) is 4.69. The van der Waals surface area contributed by atoms with Crippen molar-refractivity contribution in [3.63, 3.8) is 0 Å². The highest BCUT2D eigenvalue weighted by molar-refractivity contribution is 7.15. The van der Waals surface area contributed by atoms with Crippen LogP contribution in [0, 0.1) is 6.92 Å². The Bertz CT molecular complexity index is 836. The van der Waals surface area contributed by atoms with Gasteiger partial charge in [-0.3, -0.25) is 9.20 Å². The Labute approximate surface area is 145 Å². The third-order valence-electron chi connectivity index (χ3n) is 4.04. The lowest BCUT2D eigenvalue weighted by Crippen LogP contribution is -2.38. The number of nitrogens with zero attached hydrogens (tertiary/aromatic N) is 2. The van der Waals surface area contributed by atoms with E-state index in [9.17, 15) is 9.90 Å². The molecule has 2 N–H and O–H groups in total. The van der Waals surface area contributed by atoms with Gasteiger partial charge >= 0.3 is 0 Å². The number of fused-ring (bicyclic) bond motifs is 1. The summed E-state index contributed by atoms with van der Waals surface area (Å²) in [5, 5.41) is 15.4. The number of amides is 1. The number of carbonyl (C=O) groups is 1. The lowest BCUT2D eigenvalue weighted by Gasteiger charge is -2.24. The van der Waals surface area contributed by atoms with Gasteiger partial charge in [-0.25, -0.2) is 4.98 Å². The molecule has 5 nitrogen and oxygen atoms in total. The molecule has 126 valence electrons. The van der Waals surface area contributed by atoms with Crippen LogP contribution in [0.2, 0.25) is 0 Å². The number of carbonyl (C=O) groups excluding carboxylic acids is 1. The second-order valence-electron chi connectivity index (χ2n) is 6.18. The molecule has 0 radical (unpaired) electrons. The number of aliphatic hydroxyl groups is 1. The van der Waals surface area contributed by atoms with Crippen LogP contribution < -0.4 is 5.32 Å². The fourth-order valence-corrected chi connectivity index (χ4v) is 3.57. The summed E-state index contributed by atoms with van der Waals surface area (Å²) in [5.74, 6) is -0.0672. The van der Waals surface area contributed by atoms with E-state index in [1.165, 1.54) is 0 Å². The van der Waals surface area contributed by atoms with Gasteiger partial charge in [0.1, 0.15) is 5.60 Å². The number of imidazole rings is 1. The lowest BCUT2D eigenvalue weighted by molar-refractivity contribution is -0.122. The summed E-state index contributed by atoms with van der Waals surface area (Å²) in [6.07, 6.45) is 3.02. The van der Waals surface area contributed by atoms with Crippen molar-refractivity contribution in [3.8, 4) is 0 Å². The first-order valence-corrected chi connectivity index (χ1v) is 8.80. The highest BCUT2D eigenvalue weighted by Crippen LogP contribution is 2.20. The maximum absolute atomic E-state index is 12.1. The number of benzene rings is 1. The summed E-state index contributed by atoms with van der Waals surface area (Å²) < 4.78 is 2.04. The van der Waals surface area contributed by atoms with Gasteiger partial charge in [-0.05, 0) is 25.8 Å². The standard InChI is InChI=1S/C18H21N3O2S/c1-13-10-21-15(11-24-17(21)20-13)8-9-16(22)19-12-18(2,23)14-6-4-3-5-7-14/h3-7,10-11,23H,8-9,12H2,1-2H3,(H,19,22). The Balaban J connectivity index is 1.54. The molecule has 1 unspecified atom stereocenters. The highest BCUT2D eigenvalue weighted by atomic mass is 32.1. The van der Waals surface area contributed by atoms with Gasteiger partial charge in [0.25, 0.3) is 0 Å². The molecule has 1 atom stereocenters. The van der Waals surface area contributed by atoms with E-state index in [4.69, 9.17) is 0 Å². The first kappa shape index (κ1) is 16.7. The molecular weight excluding hydrogens is 322 g/mol. The van der Waals surface area contributed by atoms with Gasteiger partial charge in [0.05, 0.1) is 12.2 Å². The molecule has 0 saturated heterocycles. The van der Waals surface area contributed by atoms with Gasteiger partial charge in [-0.15, -0.1) is 11.3 Å². The Hall–Kier alpha value is -2.18. The van der Waals surface area contributed by atoms with Gasteiger partial charge in [-0.2, -0.15) is 0 Å². The fourth-order valence-electron chi connectivity index (χ4n) is 2.62. The topological polar surface area (TPSA) is 66.6 Å². The number of hydrogen-bond acceptors (Lipinski definition) is 4. The van der Waals surface area contributed by atoms with Crippen LogP contribution in [0.4, 0.5) is 0 Å². The molecule has 1 amide bonds.